The van der Waals surface area contributed by atoms with E-state index in [0.717, 1.165) is 16.6 Å². The fraction of sp³-hybridized carbons (Fsp3) is 0. The second kappa shape index (κ2) is 19.8. The van der Waals surface area contributed by atoms with Crippen LogP contribution in [-0.2, 0) is 40.1 Å². The molecule has 0 spiro atoms. The van der Waals surface area contributed by atoms with E-state index in [9.17, 15) is 0 Å². The summed E-state index contributed by atoms with van der Waals surface area (Å²) in [6.07, 6.45) is 0. The van der Waals surface area contributed by atoms with Crippen molar-refractivity contribution in [3.8, 4) is 0 Å². The van der Waals surface area contributed by atoms with E-state index in [1.54, 1.807) is 0 Å². The first-order valence-electron chi connectivity index (χ1n) is 0.654. The van der Waals surface area contributed by atoms with Crippen LogP contribution in [0.3, 0.4) is 0 Å². The van der Waals surface area contributed by atoms with Crippen molar-refractivity contribution in [3.05, 3.63) is 0 Å². The van der Waals surface area contributed by atoms with Gasteiger partial charge in [0.25, 0.3) is 0 Å². The summed E-state index contributed by atoms with van der Waals surface area (Å²) >= 11 is -0.854. The molecule has 0 aromatic heterocycles. The SMILES string of the molecule is [O]=[V]=[O].[S]=[Zn]. The van der Waals surface area contributed by atoms with Crippen molar-refractivity contribution in [2.45, 2.75) is 0 Å². The molecule has 25 valence electrons. The third-order valence-corrected chi connectivity index (χ3v) is 0. The zero-order valence-electron chi connectivity index (χ0n) is 2.38. The molecule has 0 radical (unpaired) electrons. The monoisotopic (exact) mass is 179 g/mol. The van der Waals surface area contributed by atoms with Gasteiger partial charge in [0.15, 0.2) is 0 Å². The molecule has 0 aliphatic heterocycles. The molecule has 0 atom stereocenters. The average molecular weight is 180 g/mol. The molecule has 0 aromatic carbocycles. The molecule has 5 heteroatoms. The third-order valence-electron chi connectivity index (χ3n) is 0. The van der Waals surface area contributed by atoms with Crippen LogP contribution in [0.2, 0.25) is 0 Å². The van der Waals surface area contributed by atoms with E-state index in [2.05, 4.69) is 10.1 Å². The molecule has 0 saturated carbocycles. The van der Waals surface area contributed by atoms with Crippen molar-refractivity contribution < 1.29 is 40.1 Å². The van der Waals surface area contributed by atoms with E-state index >= 15 is 0 Å². The number of rotatable bonds is 0. The maximum atomic E-state index is 8.47. The fourth-order valence-electron chi connectivity index (χ4n) is 0. The summed E-state index contributed by atoms with van der Waals surface area (Å²) in [5.74, 6) is 0. The van der Waals surface area contributed by atoms with E-state index in [0.29, 0.717) is 0 Å². The summed E-state index contributed by atoms with van der Waals surface area (Å²) in [6.45, 7) is 0. The molecule has 0 heterocycles. The molecule has 2 nitrogen and oxygen atoms in total. The second-order valence-corrected chi connectivity index (χ2v) is 0.307. The zero-order valence-corrected chi connectivity index (χ0v) is 7.56. The topological polar surface area (TPSA) is 34.1 Å². The third kappa shape index (κ3) is 43.6. The van der Waals surface area contributed by atoms with Gasteiger partial charge in [-0.1, -0.05) is 0 Å². The molecule has 0 amide bonds. The van der Waals surface area contributed by atoms with E-state index in [-0.39, 0.29) is 0 Å². The van der Waals surface area contributed by atoms with Crippen LogP contribution in [0.25, 0.3) is 0 Å². The molecular weight excluding hydrogens is 180 g/mol. The van der Waals surface area contributed by atoms with Gasteiger partial charge in [-0.25, -0.2) is 0 Å². The van der Waals surface area contributed by atoms with Gasteiger partial charge in [0.1, 0.15) is 0 Å². The van der Waals surface area contributed by atoms with Crippen LogP contribution in [-0.4, -0.2) is 0 Å². The molecule has 0 bridgehead atoms. The Morgan fingerprint density at radius 3 is 1.40 bits per heavy atom. The van der Waals surface area contributed by atoms with E-state index in [1.165, 1.54) is 0 Å². The maximum absolute atomic E-state index is 8.47. The van der Waals surface area contributed by atoms with Crippen LogP contribution in [0.1, 0.15) is 0 Å². The molecule has 0 aliphatic rings. The van der Waals surface area contributed by atoms with Crippen molar-refractivity contribution in [3.63, 3.8) is 0 Å². The van der Waals surface area contributed by atoms with Crippen LogP contribution in [0.15, 0.2) is 0 Å². The first-order valence-corrected chi connectivity index (χ1v) is 6.01. The molecule has 0 fully saturated rings. The zero-order chi connectivity index (χ0) is 4.71. The molecular formula is O2SVZn. The molecule has 0 aromatic rings. The van der Waals surface area contributed by atoms with Crippen LogP contribution in [0.5, 0.6) is 0 Å². The van der Waals surface area contributed by atoms with Crippen LogP contribution < -0.4 is 0 Å². The summed E-state index contributed by atoms with van der Waals surface area (Å²) in [4.78, 5) is 0. The molecule has 0 rings (SSSR count). The van der Waals surface area contributed by atoms with Crippen molar-refractivity contribution in [2.75, 3.05) is 0 Å². The Morgan fingerprint density at radius 2 is 1.40 bits per heavy atom. The van der Waals surface area contributed by atoms with Crippen LogP contribution >= 0.6 is 10.1 Å². The van der Waals surface area contributed by atoms with Gasteiger partial charge in [0.2, 0.25) is 0 Å². The van der Waals surface area contributed by atoms with Gasteiger partial charge in [-0.2, -0.15) is 0 Å². The quantitative estimate of drug-likeness (QED) is 0.506. The first kappa shape index (κ1) is 9.39. The van der Waals surface area contributed by atoms with Gasteiger partial charge in [0, 0.05) is 0 Å². The van der Waals surface area contributed by atoms with Gasteiger partial charge in [-0.05, 0) is 0 Å². The van der Waals surface area contributed by atoms with Crippen molar-refractivity contribution in [1.82, 2.24) is 0 Å². The second-order valence-electron chi connectivity index (χ2n) is 0.0745. The Hall–Kier alpha value is 1.03. The van der Waals surface area contributed by atoms with Crippen molar-refractivity contribution >= 4 is 10.1 Å². The number of hydrogen-bond donors (Lipinski definition) is 0. The summed E-state index contributed by atoms with van der Waals surface area (Å²) in [6, 6.07) is 0. The molecule has 0 aliphatic carbocycles. The van der Waals surface area contributed by atoms with E-state index in [1.807, 2.05) is 0 Å². The Morgan fingerprint density at radius 1 is 1.40 bits per heavy atom. The fourth-order valence-corrected chi connectivity index (χ4v) is 0. The van der Waals surface area contributed by atoms with Gasteiger partial charge in [0.05, 0.1) is 0 Å². The first-order chi connectivity index (χ1) is 2.41. The molecule has 5 heavy (non-hydrogen) atoms. The average Bonchev–Trinajstić information content (AvgIpc) is 1.46. The normalized spacial score (nSPS) is 2.80. The standard InChI is InChI=1S/2O.S.V.Zn. The van der Waals surface area contributed by atoms with E-state index in [4.69, 9.17) is 7.35 Å². The van der Waals surface area contributed by atoms with Crippen LogP contribution in [0, 0.1) is 0 Å². The summed E-state index contributed by atoms with van der Waals surface area (Å²) in [5.41, 5.74) is 0. The Bertz CT molecular complexity index is 38.9. The van der Waals surface area contributed by atoms with E-state index < -0.39 is 16.2 Å². The molecule has 0 unspecified atom stereocenters. The minimum atomic E-state index is -1.81. The predicted octanol–water partition coefficient (Wildman–Crippen LogP) is 0.406. The van der Waals surface area contributed by atoms with Gasteiger partial charge >= 0.3 is 50.2 Å². The molecule has 0 saturated heterocycles. The van der Waals surface area contributed by atoms with Gasteiger partial charge in [-0.15, -0.1) is 0 Å². The van der Waals surface area contributed by atoms with Gasteiger partial charge < -0.3 is 0 Å². The summed E-state index contributed by atoms with van der Waals surface area (Å²) in [5, 5.41) is 0. The van der Waals surface area contributed by atoms with Gasteiger partial charge in [-0.3, -0.25) is 0 Å². The van der Waals surface area contributed by atoms with Crippen molar-refractivity contribution in [2.24, 2.45) is 0 Å². The van der Waals surface area contributed by atoms with Crippen LogP contribution in [0.4, 0.5) is 0 Å². The minimum absolute atomic E-state index is 0.958. The Balaban J connectivity index is 0. The summed E-state index contributed by atoms with van der Waals surface area (Å²) < 4.78 is 16.9. The predicted molar refractivity (Wildman–Crippen MR) is 8.96 cm³/mol. The van der Waals surface area contributed by atoms with Crippen molar-refractivity contribution in [1.29, 1.82) is 0 Å². The Kier molecular flexibility index (Phi) is 37.3. The number of hydrogen-bond acceptors (Lipinski definition) is 3. The molecule has 0 N–H and O–H groups in total. The Labute approximate surface area is 50.1 Å². The summed E-state index contributed by atoms with van der Waals surface area (Å²) in [7, 11) is 4.21.